The average Bonchev–Trinajstić information content (AvgIpc) is 3.19. The van der Waals surface area contributed by atoms with Gasteiger partial charge in [0.25, 0.3) is 0 Å². The van der Waals surface area contributed by atoms with E-state index in [-0.39, 0.29) is 56.3 Å². The number of hydrogen-bond acceptors (Lipinski definition) is 12. The van der Waals surface area contributed by atoms with Gasteiger partial charge in [0, 0.05) is 63.9 Å². The van der Waals surface area contributed by atoms with Crippen molar-refractivity contribution in [2.75, 3.05) is 59.2 Å². The largest absolute Gasteiger partial charge is 0.502 e. The van der Waals surface area contributed by atoms with E-state index in [0.29, 0.717) is 58.9 Å². The Labute approximate surface area is 321 Å². The molecule has 0 fully saturated rings. The molecule has 0 bridgehead atoms. The second-order valence-corrected chi connectivity index (χ2v) is 15.2. The molecule has 0 amide bonds. The first-order valence-electron chi connectivity index (χ1n) is 18.9. The lowest BCUT2D eigenvalue weighted by molar-refractivity contribution is 0.0876. The summed E-state index contributed by atoms with van der Waals surface area (Å²) < 4.78 is 30.1. The van der Waals surface area contributed by atoms with Crippen LogP contribution < -0.4 is 34.3 Å². The number of aliphatic hydroxyl groups excluding tert-OH is 4. The molecule has 0 aromatic heterocycles. The normalized spacial score (nSPS) is 18.7. The van der Waals surface area contributed by atoms with E-state index in [0.717, 1.165) is 39.9 Å². The number of methoxy groups -OCH3 is 2. The number of fused-ring (bicyclic) bond motifs is 2. The molecule has 4 atom stereocenters. The maximum atomic E-state index is 12.3. The molecule has 0 spiro atoms. The maximum absolute atomic E-state index is 12.3. The van der Waals surface area contributed by atoms with Crippen LogP contribution in [0.2, 0.25) is 0 Å². The third kappa shape index (κ3) is 7.02. The second kappa shape index (κ2) is 15.8. The molecule has 4 aromatic carbocycles. The predicted octanol–water partition coefficient (Wildman–Crippen LogP) is 5.25. The van der Waals surface area contributed by atoms with E-state index >= 15 is 0 Å². The molecule has 7 N–H and O–H groups in total. The SMILES string of the molecule is CCNCOc1cc(OC)c2c3c1[C@@H](O)Nc1cc4c(c(c1-3)CC2)[C@@H](O)[C@H](c1cc(OC)c(O)c(OC[C@H](CO)Cc2ccccc2C(C)(C)CO)c1)CO4. The van der Waals surface area contributed by atoms with Gasteiger partial charge in [-0.2, -0.15) is 0 Å². The molecule has 55 heavy (non-hydrogen) atoms. The summed E-state index contributed by atoms with van der Waals surface area (Å²) in [6, 6.07) is 14.9. The van der Waals surface area contributed by atoms with Crippen LogP contribution in [0.1, 0.15) is 78.0 Å². The molecule has 0 unspecified atom stereocenters. The van der Waals surface area contributed by atoms with E-state index in [9.17, 15) is 25.5 Å². The Morgan fingerprint density at radius 1 is 0.909 bits per heavy atom. The van der Waals surface area contributed by atoms with Crippen molar-refractivity contribution in [2.45, 2.75) is 63.7 Å². The van der Waals surface area contributed by atoms with Crippen molar-refractivity contribution >= 4 is 5.69 Å². The number of hydrogen-bond donors (Lipinski definition) is 7. The van der Waals surface area contributed by atoms with Gasteiger partial charge in [0.05, 0.1) is 45.7 Å². The molecule has 4 aromatic rings. The summed E-state index contributed by atoms with van der Waals surface area (Å²) in [5.41, 5.74) is 7.79. The molecule has 7 rings (SSSR count). The van der Waals surface area contributed by atoms with E-state index in [4.69, 9.17) is 23.7 Å². The fourth-order valence-electron chi connectivity index (χ4n) is 8.30. The highest BCUT2D eigenvalue weighted by Gasteiger charge is 2.41. The monoisotopic (exact) mass is 756 g/mol. The molecule has 0 radical (unpaired) electrons. The van der Waals surface area contributed by atoms with Crippen LogP contribution in [-0.4, -0.2) is 79.5 Å². The number of anilines is 1. The smallest absolute Gasteiger partial charge is 0.200 e. The molecular weight excluding hydrogens is 704 g/mol. The third-order valence-corrected chi connectivity index (χ3v) is 11.3. The molecule has 2 aliphatic heterocycles. The van der Waals surface area contributed by atoms with Gasteiger partial charge in [0.2, 0.25) is 5.75 Å². The molecular formula is C43H52N2O10. The van der Waals surface area contributed by atoms with Crippen LogP contribution in [-0.2, 0) is 24.7 Å². The first-order chi connectivity index (χ1) is 26.5. The Hall–Kier alpha value is -4.72. The molecule has 12 nitrogen and oxygen atoms in total. The fourth-order valence-corrected chi connectivity index (χ4v) is 8.30. The fraction of sp³-hybridized carbons (Fsp3) is 0.442. The molecule has 3 aliphatic rings. The zero-order valence-electron chi connectivity index (χ0n) is 32.1. The zero-order valence-corrected chi connectivity index (χ0v) is 32.1. The summed E-state index contributed by atoms with van der Waals surface area (Å²) >= 11 is 0. The summed E-state index contributed by atoms with van der Waals surface area (Å²) in [6.07, 6.45) is -0.311. The van der Waals surface area contributed by atoms with Crippen LogP contribution in [0.15, 0.2) is 48.5 Å². The van der Waals surface area contributed by atoms with Crippen LogP contribution in [0.5, 0.6) is 34.5 Å². The number of ether oxygens (including phenoxy) is 5. The van der Waals surface area contributed by atoms with Crippen LogP contribution in [0, 0.1) is 5.92 Å². The summed E-state index contributed by atoms with van der Waals surface area (Å²) in [6.45, 7) is 6.98. The quantitative estimate of drug-likeness (QED) is 0.0623. The predicted molar refractivity (Wildman–Crippen MR) is 208 cm³/mol. The van der Waals surface area contributed by atoms with Crippen molar-refractivity contribution in [3.63, 3.8) is 0 Å². The summed E-state index contributed by atoms with van der Waals surface area (Å²) in [4.78, 5) is 0. The van der Waals surface area contributed by atoms with Gasteiger partial charge < -0.3 is 54.5 Å². The van der Waals surface area contributed by atoms with E-state index in [2.05, 4.69) is 10.6 Å². The van der Waals surface area contributed by atoms with Crippen LogP contribution in [0.3, 0.4) is 0 Å². The van der Waals surface area contributed by atoms with Gasteiger partial charge in [-0.1, -0.05) is 45.0 Å². The van der Waals surface area contributed by atoms with Crippen LogP contribution >= 0.6 is 0 Å². The van der Waals surface area contributed by atoms with Crippen molar-refractivity contribution in [1.29, 1.82) is 0 Å². The van der Waals surface area contributed by atoms with Gasteiger partial charge in [0.1, 0.15) is 24.0 Å². The highest BCUT2D eigenvalue weighted by Crippen LogP contribution is 2.57. The third-order valence-electron chi connectivity index (χ3n) is 11.3. The second-order valence-electron chi connectivity index (χ2n) is 15.2. The zero-order chi connectivity index (χ0) is 39.0. The number of aliphatic hydroxyl groups is 4. The van der Waals surface area contributed by atoms with Crippen molar-refractivity contribution < 1.29 is 49.2 Å². The summed E-state index contributed by atoms with van der Waals surface area (Å²) in [5, 5.41) is 61.7. The van der Waals surface area contributed by atoms with E-state index in [1.807, 2.05) is 57.2 Å². The minimum atomic E-state index is -1.04. The molecule has 0 saturated carbocycles. The highest BCUT2D eigenvalue weighted by atomic mass is 16.5. The summed E-state index contributed by atoms with van der Waals surface area (Å²) in [5.74, 6) is 1.02. The van der Waals surface area contributed by atoms with Gasteiger partial charge in [0.15, 0.2) is 17.7 Å². The molecule has 12 heteroatoms. The maximum Gasteiger partial charge on any atom is 0.200 e. The molecule has 1 aliphatic carbocycles. The van der Waals surface area contributed by atoms with Crippen molar-refractivity contribution in [3.8, 4) is 45.6 Å². The number of phenols is 1. The first-order valence-corrected chi connectivity index (χ1v) is 18.9. The van der Waals surface area contributed by atoms with Gasteiger partial charge in [-0.05, 0) is 60.2 Å². The molecule has 294 valence electrons. The van der Waals surface area contributed by atoms with E-state index < -0.39 is 23.7 Å². The summed E-state index contributed by atoms with van der Waals surface area (Å²) in [7, 11) is 3.08. The number of nitrogens with one attached hydrogen (secondary N) is 2. The van der Waals surface area contributed by atoms with Crippen molar-refractivity contribution in [3.05, 3.63) is 87.5 Å². The molecule has 2 heterocycles. The van der Waals surface area contributed by atoms with Gasteiger partial charge in [-0.25, -0.2) is 0 Å². The Kier molecular flexibility index (Phi) is 11.1. The minimum absolute atomic E-state index is 0.0219. The number of aromatic hydroxyl groups is 1. The van der Waals surface area contributed by atoms with Gasteiger partial charge in [-0.15, -0.1) is 0 Å². The number of benzene rings is 4. The van der Waals surface area contributed by atoms with Gasteiger partial charge in [-0.3, -0.25) is 5.32 Å². The number of phenolic OH excluding ortho intramolecular Hbond substituents is 1. The minimum Gasteiger partial charge on any atom is -0.502 e. The first kappa shape index (κ1) is 38.6. The van der Waals surface area contributed by atoms with Gasteiger partial charge >= 0.3 is 0 Å². The lowest BCUT2D eigenvalue weighted by Gasteiger charge is -2.39. The van der Waals surface area contributed by atoms with Crippen LogP contribution in [0.25, 0.3) is 11.1 Å². The average molecular weight is 757 g/mol. The highest BCUT2D eigenvalue weighted by molar-refractivity contribution is 5.93. The Balaban J connectivity index is 1.21. The topological polar surface area (TPSA) is 171 Å². The Morgan fingerprint density at radius 2 is 1.65 bits per heavy atom. The van der Waals surface area contributed by atoms with E-state index in [1.54, 1.807) is 19.2 Å². The number of rotatable bonds is 15. The Morgan fingerprint density at radius 3 is 2.38 bits per heavy atom. The standard InChI is InChI=1S/C43H52N2O10/c1-6-44-22-55-33-17-31(51-4)26-11-12-27-36-30(45-42(50)39(33)38(26)36)16-32-37(27)40(48)28(20-54-32)25-14-34(52-5)41(49)35(15-25)53-19-23(18-46)13-24-9-7-8-10-29(24)43(2,3)21-47/h7-10,14-17,23,28,40,42,44-50H,6,11-13,18-22H2,1-5H3/t23-,28-,40-,42+/m0/s1. The van der Waals surface area contributed by atoms with E-state index in [1.165, 1.54) is 7.11 Å². The van der Waals surface area contributed by atoms with Crippen molar-refractivity contribution in [1.82, 2.24) is 5.32 Å². The van der Waals surface area contributed by atoms with Crippen LogP contribution in [0.4, 0.5) is 5.69 Å². The lowest BCUT2D eigenvalue weighted by Crippen LogP contribution is -2.29. The Bertz CT molecular complexity index is 2050. The molecule has 0 saturated heterocycles. The lowest BCUT2D eigenvalue weighted by atomic mass is 9.74. The van der Waals surface area contributed by atoms with Crippen molar-refractivity contribution in [2.24, 2.45) is 5.92 Å².